The minimum atomic E-state index is -0.324. The average molecular weight is 268 g/mol. The summed E-state index contributed by atoms with van der Waals surface area (Å²) >= 11 is 1.34. The number of nitrogens with zero attached hydrogens (tertiary/aromatic N) is 2. The van der Waals surface area contributed by atoms with Crippen LogP contribution in [0.4, 0.5) is 10.1 Å². The van der Waals surface area contributed by atoms with Gasteiger partial charge in [0.1, 0.15) is 5.82 Å². The summed E-state index contributed by atoms with van der Waals surface area (Å²) in [4.78, 5) is 11.4. The molecule has 7 heteroatoms. The van der Waals surface area contributed by atoms with Gasteiger partial charge >= 0.3 is 5.69 Å². The zero-order valence-corrected chi connectivity index (χ0v) is 10.6. The number of H-pyrrole nitrogens is 1. The van der Waals surface area contributed by atoms with E-state index in [0.717, 1.165) is 0 Å². The van der Waals surface area contributed by atoms with Crippen molar-refractivity contribution in [3.8, 4) is 0 Å². The maximum Gasteiger partial charge on any atom is 0.343 e. The van der Waals surface area contributed by atoms with Gasteiger partial charge in [0.05, 0.1) is 0 Å². The summed E-state index contributed by atoms with van der Waals surface area (Å²) in [6.07, 6.45) is 0. The highest BCUT2D eigenvalue weighted by Crippen LogP contribution is 2.23. The van der Waals surface area contributed by atoms with Gasteiger partial charge in [-0.2, -0.15) is 0 Å². The van der Waals surface area contributed by atoms with Gasteiger partial charge < -0.3 is 5.73 Å². The van der Waals surface area contributed by atoms with E-state index in [1.165, 1.54) is 34.5 Å². The van der Waals surface area contributed by atoms with Crippen LogP contribution >= 0.6 is 11.8 Å². The second kappa shape index (κ2) is 5.26. The molecule has 0 saturated heterocycles. The maximum atomic E-state index is 13.1. The number of nitrogens with two attached hydrogens (primary N) is 1. The summed E-state index contributed by atoms with van der Waals surface area (Å²) in [5.74, 6) is 0.142. The lowest BCUT2D eigenvalue weighted by Gasteiger charge is -2.05. The number of nitrogen functional groups attached to an aromatic ring is 1. The minimum absolute atomic E-state index is 0.243. The van der Waals surface area contributed by atoms with E-state index >= 15 is 0 Å². The average Bonchev–Trinajstić information content (AvgIpc) is 2.71. The van der Waals surface area contributed by atoms with Gasteiger partial charge in [0, 0.05) is 18.0 Å². The van der Waals surface area contributed by atoms with E-state index in [4.69, 9.17) is 5.73 Å². The Kier molecular flexibility index (Phi) is 3.71. The SMILES string of the molecule is CCn1c(SCc2cc(F)ccc2N)n[nH]c1=O. The van der Waals surface area contributed by atoms with Crippen molar-refractivity contribution in [2.45, 2.75) is 24.4 Å². The molecule has 0 aliphatic carbocycles. The van der Waals surface area contributed by atoms with Crippen LogP contribution in [0.5, 0.6) is 0 Å². The van der Waals surface area contributed by atoms with E-state index in [0.29, 0.717) is 28.7 Å². The first-order chi connectivity index (χ1) is 8.61. The van der Waals surface area contributed by atoms with Gasteiger partial charge in [-0.3, -0.25) is 4.57 Å². The number of hydrogen-bond donors (Lipinski definition) is 2. The van der Waals surface area contributed by atoms with Gasteiger partial charge in [-0.15, -0.1) is 5.10 Å². The van der Waals surface area contributed by atoms with Crippen molar-refractivity contribution in [2.75, 3.05) is 5.73 Å². The predicted molar refractivity (Wildman–Crippen MR) is 68.9 cm³/mol. The molecule has 0 bridgehead atoms. The smallest absolute Gasteiger partial charge is 0.343 e. The van der Waals surface area contributed by atoms with Crippen molar-refractivity contribution in [3.63, 3.8) is 0 Å². The molecule has 3 N–H and O–H groups in total. The highest BCUT2D eigenvalue weighted by molar-refractivity contribution is 7.98. The van der Waals surface area contributed by atoms with E-state index in [9.17, 15) is 9.18 Å². The predicted octanol–water partition coefficient (Wildman–Crippen LogP) is 1.60. The normalized spacial score (nSPS) is 10.8. The van der Waals surface area contributed by atoms with Crippen LogP contribution in [0, 0.1) is 5.82 Å². The van der Waals surface area contributed by atoms with Crippen molar-refractivity contribution < 1.29 is 4.39 Å². The lowest BCUT2D eigenvalue weighted by molar-refractivity contribution is 0.626. The molecule has 0 aliphatic rings. The lowest BCUT2D eigenvalue weighted by atomic mass is 10.2. The summed E-state index contributed by atoms with van der Waals surface area (Å²) in [6.45, 7) is 2.40. The Morgan fingerprint density at radius 2 is 2.33 bits per heavy atom. The third-order valence-corrected chi connectivity index (χ3v) is 3.53. The second-order valence-corrected chi connectivity index (χ2v) is 4.63. The highest BCUT2D eigenvalue weighted by atomic mass is 32.2. The number of rotatable bonds is 4. The van der Waals surface area contributed by atoms with Gasteiger partial charge in [-0.25, -0.2) is 14.3 Å². The molecular weight excluding hydrogens is 255 g/mol. The minimum Gasteiger partial charge on any atom is -0.398 e. The summed E-state index contributed by atoms with van der Waals surface area (Å²) in [5.41, 5.74) is 6.73. The van der Waals surface area contributed by atoms with Crippen LogP contribution < -0.4 is 11.4 Å². The first-order valence-electron chi connectivity index (χ1n) is 5.43. The Labute approximate surface area is 107 Å². The Bertz CT molecular complexity index is 607. The molecule has 5 nitrogen and oxygen atoms in total. The molecule has 0 saturated carbocycles. The maximum absolute atomic E-state index is 13.1. The summed E-state index contributed by atoms with van der Waals surface area (Å²) in [5, 5.41) is 6.86. The number of nitrogens with one attached hydrogen (secondary N) is 1. The van der Waals surface area contributed by atoms with Gasteiger partial charge in [0.25, 0.3) is 0 Å². The van der Waals surface area contributed by atoms with Crippen LogP contribution in [0.3, 0.4) is 0 Å². The molecule has 0 amide bonds. The number of anilines is 1. The summed E-state index contributed by atoms with van der Waals surface area (Å²) in [6, 6.07) is 4.24. The van der Waals surface area contributed by atoms with Gasteiger partial charge in [0.2, 0.25) is 0 Å². The Morgan fingerprint density at radius 1 is 1.56 bits per heavy atom. The van der Waals surface area contributed by atoms with E-state index < -0.39 is 0 Å². The number of aromatic nitrogens is 3. The van der Waals surface area contributed by atoms with Crippen molar-refractivity contribution in [3.05, 3.63) is 40.1 Å². The van der Waals surface area contributed by atoms with E-state index in [-0.39, 0.29) is 11.5 Å². The lowest BCUT2D eigenvalue weighted by Crippen LogP contribution is -2.16. The Hall–Kier alpha value is -1.76. The summed E-state index contributed by atoms with van der Waals surface area (Å²) < 4.78 is 14.6. The number of thioether (sulfide) groups is 1. The fraction of sp³-hybridized carbons (Fsp3) is 0.273. The Morgan fingerprint density at radius 3 is 3.06 bits per heavy atom. The molecule has 96 valence electrons. The van der Waals surface area contributed by atoms with Crippen molar-refractivity contribution >= 4 is 17.4 Å². The quantitative estimate of drug-likeness (QED) is 0.652. The van der Waals surface area contributed by atoms with Gasteiger partial charge in [-0.05, 0) is 30.7 Å². The summed E-state index contributed by atoms with van der Waals surface area (Å²) in [7, 11) is 0. The van der Waals surface area contributed by atoms with E-state index in [1.807, 2.05) is 6.92 Å². The van der Waals surface area contributed by atoms with Crippen LogP contribution in [-0.4, -0.2) is 14.8 Å². The van der Waals surface area contributed by atoms with Crippen molar-refractivity contribution in [1.82, 2.24) is 14.8 Å². The molecule has 1 aromatic carbocycles. The molecule has 2 aromatic rings. The van der Waals surface area contributed by atoms with Gasteiger partial charge in [0.15, 0.2) is 5.16 Å². The van der Waals surface area contributed by atoms with Crippen LogP contribution in [0.25, 0.3) is 0 Å². The molecule has 1 aromatic heterocycles. The molecule has 0 aliphatic heterocycles. The molecule has 0 spiro atoms. The molecule has 0 radical (unpaired) electrons. The van der Waals surface area contributed by atoms with E-state index in [1.54, 1.807) is 0 Å². The molecule has 18 heavy (non-hydrogen) atoms. The zero-order valence-electron chi connectivity index (χ0n) is 9.81. The van der Waals surface area contributed by atoms with Crippen LogP contribution in [0.1, 0.15) is 12.5 Å². The number of aromatic amines is 1. The third kappa shape index (κ3) is 2.56. The molecule has 0 unspecified atom stereocenters. The van der Waals surface area contributed by atoms with Gasteiger partial charge in [-0.1, -0.05) is 11.8 Å². The molecule has 0 fully saturated rings. The Balaban J connectivity index is 2.16. The van der Waals surface area contributed by atoms with Crippen LogP contribution in [0.2, 0.25) is 0 Å². The molecule has 0 atom stereocenters. The zero-order chi connectivity index (χ0) is 13.1. The first kappa shape index (κ1) is 12.7. The number of hydrogen-bond acceptors (Lipinski definition) is 4. The first-order valence-corrected chi connectivity index (χ1v) is 6.42. The molecular formula is C11H13FN4OS. The molecule has 2 rings (SSSR count). The van der Waals surface area contributed by atoms with Crippen LogP contribution in [-0.2, 0) is 12.3 Å². The number of halogens is 1. The largest absolute Gasteiger partial charge is 0.398 e. The van der Waals surface area contributed by atoms with Crippen molar-refractivity contribution in [2.24, 2.45) is 0 Å². The topological polar surface area (TPSA) is 76.7 Å². The monoisotopic (exact) mass is 268 g/mol. The van der Waals surface area contributed by atoms with Crippen molar-refractivity contribution in [1.29, 1.82) is 0 Å². The van der Waals surface area contributed by atoms with E-state index in [2.05, 4.69) is 10.2 Å². The highest BCUT2D eigenvalue weighted by Gasteiger charge is 2.09. The van der Waals surface area contributed by atoms with Crippen LogP contribution in [0.15, 0.2) is 28.2 Å². The third-order valence-electron chi connectivity index (χ3n) is 2.50. The number of benzene rings is 1. The molecule has 1 heterocycles. The standard InChI is InChI=1S/C11H13FN4OS/c1-2-16-10(17)14-15-11(16)18-6-7-5-8(12)3-4-9(7)13/h3-5H,2,6,13H2,1H3,(H,14,17). The second-order valence-electron chi connectivity index (χ2n) is 3.69. The fourth-order valence-electron chi connectivity index (χ4n) is 1.53. The fourth-order valence-corrected chi connectivity index (χ4v) is 2.55.